The second kappa shape index (κ2) is 7.81. The first-order chi connectivity index (χ1) is 12.2. The van der Waals surface area contributed by atoms with Crippen LogP contribution in [0.1, 0.15) is 30.4 Å². The number of para-hydroxylation sites is 1. The quantitative estimate of drug-likeness (QED) is 0.755. The molecule has 1 heterocycles. The van der Waals surface area contributed by atoms with Gasteiger partial charge in [0.05, 0.1) is 11.3 Å². The zero-order valence-electron chi connectivity index (χ0n) is 13.8. The first-order valence-corrected chi connectivity index (χ1v) is 8.35. The molecule has 0 N–H and O–H groups in total. The molecule has 0 bridgehead atoms. The number of piperidine rings is 1. The molecular weight excluding hydrogens is 318 g/mol. The Labute approximate surface area is 146 Å². The van der Waals surface area contributed by atoms with E-state index in [4.69, 9.17) is 0 Å². The van der Waals surface area contributed by atoms with E-state index in [1.165, 1.54) is 12.1 Å². The van der Waals surface area contributed by atoms with E-state index in [9.17, 15) is 14.0 Å². The summed E-state index contributed by atoms with van der Waals surface area (Å²) < 4.78 is 26.3. The third kappa shape index (κ3) is 4.37. The molecule has 2 nitrogen and oxygen atoms in total. The molecular formula is C21H18F2N2. The first kappa shape index (κ1) is 17.0. The first-order valence-electron chi connectivity index (χ1n) is 8.35. The molecule has 0 spiro atoms. The lowest BCUT2D eigenvalue weighted by Gasteiger charge is -2.33. The van der Waals surface area contributed by atoms with E-state index in [-0.39, 0.29) is 0 Å². The number of anilines is 1. The standard InChI is InChI=1S/C21H18F2N2/c22-19-12-17(13-20(23)14-19)5-3-4-16-8-10-25(11-9-16)21-7-2-1-6-18(21)15-24/h1-2,6-7,12-14,16H,4,8-11H2. The van der Waals surface area contributed by atoms with Crippen molar-refractivity contribution in [3.05, 3.63) is 65.2 Å². The predicted octanol–water partition coefficient (Wildman–Crippen LogP) is 4.49. The van der Waals surface area contributed by atoms with Crippen molar-refractivity contribution in [1.29, 1.82) is 5.26 Å². The maximum atomic E-state index is 13.1. The minimum Gasteiger partial charge on any atom is -0.370 e. The van der Waals surface area contributed by atoms with Gasteiger partial charge in [-0.25, -0.2) is 8.78 Å². The van der Waals surface area contributed by atoms with Crippen LogP contribution in [0.5, 0.6) is 0 Å². The number of nitrogens with zero attached hydrogens (tertiary/aromatic N) is 2. The zero-order valence-corrected chi connectivity index (χ0v) is 13.8. The van der Waals surface area contributed by atoms with Crippen molar-refractivity contribution < 1.29 is 8.78 Å². The summed E-state index contributed by atoms with van der Waals surface area (Å²) in [5.41, 5.74) is 2.07. The lowest BCUT2D eigenvalue weighted by atomic mass is 9.93. The molecule has 25 heavy (non-hydrogen) atoms. The minimum atomic E-state index is -0.603. The van der Waals surface area contributed by atoms with Gasteiger partial charge in [-0.15, -0.1) is 0 Å². The molecule has 0 radical (unpaired) electrons. The molecule has 0 aromatic heterocycles. The summed E-state index contributed by atoms with van der Waals surface area (Å²) in [4.78, 5) is 2.24. The van der Waals surface area contributed by atoms with Crippen molar-refractivity contribution in [1.82, 2.24) is 0 Å². The Hall–Kier alpha value is -2.85. The topological polar surface area (TPSA) is 27.0 Å². The van der Waals surface area contributed by atoms with Crippen LogP contribution >= 0.6 is 0 Å². The molecule has 1 fully saturated rings. The zero-order chi connectivity index (χ0) is 17.6. The summed E-state index contributed by atoms with van der Waals surface area (Å²) in [5, 5.41) is 9.22. The number of hydrogen-bond acceptors (Lipinski definition) is 2. The van der Waals surface area contributed by atoms with Crippen molar-refractivity contribution in [2.75, 3.05) is 18.0 Å². The lowest BCUT2D eigenvalue weighted by molar-refractivity contribution is 0.414. The highest BCUT2D eigenvalue weighted by Crippen LogP contribution is 2.27. The summed E-state index contributed by atoms with van der Waals surface area (Å²) in [6.45, 7) is 1.78. The highest BCUT2D eigenvalue weighted by atomic mass is 19.1. The van der Waals surface area contributed by atoms with E-state index in [0.29, 0.717) is 23.5 Å². The largest absolute Gasteiger partial charge is 0.370 e. The third-order valence-electron chi connectivity index (χ3n) is 4.47. The fourth-order valence-corrected chi connectivity index (χ4v) is 3.15. The monoisotopic (exact) mass is 336 g/mol. The summed E-state index contributed by atoms with van der Waals surface area (Å²) in [7, 11) is 0. The van der Waals surface area contributed by atoms with Crippen molar-refractivity contribution in [2.24, 2.45) is 5.92 Å². The molecule has 3 rings (SSSR count). The molecule has 126 valence electrons. The van der Waals surface area contributed by atoms with Gasteiger partial charge >= 0.3 is 0 Å². The van der Waals surface area contributed by atoms with Gasteiger partial charge in [0.2, 0.25) is 0 Å². The Balaban J connectivity index is 1.57. The summed E-state index contributed by atoms with van der Waals surface area (Å²) in [6.07, 6.45) is 2.70. The Morgan fingerprint density at radius 1 is 1.04 bits per heavy atom. The van der Waals surface area contributed by atoms with Gasteiger partial charge in [-0.3, -0.25) is 0 Å². The van der Waals surface area contributed by atoms with Crippen molar-refractivity contribution in [3.8, 4) is 17.9 Å². The number of benzene rings is 2. The Bertz CT molecular complexity index is 830. The van der Waals surface area contributed by atoms with Crippen LogP contribution in [0.25, 0.3) is 0 Å². The molecule has 1 aliphatic rings. The average Bonchev–Trinajstić information content (AvgIpc) is 2.61. The molecule has 0 amide bonds. The average molecular weight is 336 g/mol. The normalized spacial score (nSPS) is 14.5. The van der Waals surface area contributed by atoms with E-state index in [1.807, 2.05) is 24.3 Å². The molecule has 1 saturated heterocycles. The van der Waals surface area contributed by atoms with Crippen molar-refractivity contribution in [3.63, 3.8) is 0 Å². The number of nitriles is 1. The second-order valence-electron chi connectivity index (χ2n) is 6.22. The van der Waals surface area contributed by atoms with Gasteiger partial charge in [0.25, 0.3) is 0 Å². The van der Waals surface area contributed by atoms with Crippen LogP contribution in [0.4, 0.5) is 14.5 Å². The van der Waals surface area contributed by atoms with E-state index in [2.05, 4.69) is 22.8 Å². The predicted molar refractivity (Wildman–Crippen MR) is 93.9 cm³/mol. The van der Waals surface area contributed by atoms with Gasteiger partial charge in [0.1, 0.15) is 17.7 Å². The maximum Gasteiger partial charge on any atom is 0.127 e. The van der Waals surface area contributed by atoms with Crippen LogP contribution in [0.3, 0.4) is 0 Å². The van der Waals surface area contributed by atoms with Crippen molar-refractivity contribution >= 4 is 5.69 Å². The number of halogens is 2. The lowest BCUT2D eigenvalue weighted by Crippen LogP contribution is -2.34. The summed E-state index contributed by atoms with van der Waals surface area (Å²) in [5.74, 6) is 5.16. The van der Waals surface area contributed by atoms with Crippen molar-refractivity contribution in [2.45, 2.75) is 19.3 Å². The Morgan fingerprint density at radius 2 is 1.72 bits per heavy atom. The van der Waals surface area contributed by atoms with Gasteiger partial charge in [0, 0.05) is 31.1 Å². The Morgan fingerprint density at radius 3 is 2.40 bits per heavy atom. The number of rotatable bonds is 2. The van der Waals surface area contributed by atoms with Gasteiger partial charge in [-0.2, -0.15) is 5.26 Å². The summed E-state index contributed by atoms with van der Waals surface area (Å²) >= 11 is 0. The highest BCUT2D eigenvalue weighted by Gasteiger charge is 2.20. The molecule has 0 atom stereocenters. The minimum absolute atomic E-state index is 0.373. The SMILES string of the molecule is N#Cc1ccccc1N1CCC(CC#Cc2cc(F)cc(F)c2)CC1. The molecule has 4 heteroatoms. The molecule has 0 saturated carbocycles. The molecule has 1 aliphatic heterocycles. The Kier molecular flexibility index (Phi) is 5.31. The fraction of sp³-hybridized carbons (Fsp3) is 0.286. The van der Waals surface area contributed by atoms with E-state index in [1.54, 1.807) is 0 Å². The van der Waals surface area contributed by atoms with Gasteiger partial charge < -0.3 is 4.90 Å². The molecule has 0 unspecified atom stereocenters. The highest BCUT2D eigenvalue weighted by molar-refractivity contribution is 5.59. The molecule has 2 aromatic rings. The molecule has 2 aromatic carbocycles. The van der Waals surface area contributed by atoms with Gasteiger partial charge in [-0.05, 0) is 43.0 Å². The number of hydrogen-bond donors (Lipinski definition) is 0. The second-order valence-corrected chi connectivity index (χ2v) is 6.22. The van der Waals surface area contributed by atoms with Crippen LogP contribution in [0.2, 0.25) is 0 Å². The van der Waals surface area contributed by atoms with Crippen LogP contribution in [0, 0.1) is 40.7 Å². The van der Waals surface area contributed by atoms with E-state index >= 15 is 0 Å². The smallest absolute Gasteiger partial charge is 0.127 e. The van der Waals surface area contributed by atoms with Crippen LogP contribution < -0.4 is 4.90 Å². The van der Waals surface area contributed by atoms with Crippen LogP contribution in [-0.2, 0) is 0 Å². The van der Waals surface area contributed by atoms with E-state index < -0.39 is 11.6 Å². The van der Waals surface area contributed by atoms with E-state index in [0.717, 1.165) is 37.7 Å². The van der Waals surface area contributed by atoms with Gasteiger partial charge in [0.15, 0.2) is 0 Å². The summed E-state index contributed by atoms with van der Waals surface area (Å²) in [6, 6.07) is 13.2. The third-order valence-corrected chi connectivity index (χ3v) is 4.47. The molecule has 0 aliphatic carbocycles. The van der Waals surface area contributed by atoms with Crippen LogP contribution in [0.15, 0.2) is 42.5 Å². The van der Waals surface area contributed by atoms with Crippen LogP contribution in [-0.4, -0.2) is 13.1 Å². The van der Waals surface area contributed by atoms with Gasteiger partial charge in [-0.1, -0.05) is 24.0 Å². The maximum absolute atomic E-state index is 13.1. The fourth-order valence-electron chi connectivity index (χ4n) is 3.15.